The first-order chi connectivity index (χ1) is 7.13. The van der Waals surface area contributed by atoms with Crippen molar-refractivity contribution in [1.82, 2.24) is 9.88 Å². The molecule has 1 aromatic heterocycles. The maximum absolute atomic E-state index is 10.4. The van der Waals surface area contributed by atoms with E-state index < -0.39 is 5.97 Å². The van der Waals surface area contributed by atoms with Crippen LogP contribution in [-0.2, 0) is 11.3 Å². The average Bonchev–Trinajstić information content (AvgIpc) is 2.47. The van der Waals surface area contributed by atoms with Gasteiger partial charge in [0.05, 0.1) is 17.1 Å². The normalized spacial score (nSPS) is 17.7. The number of rotatable bonds is 4. The molecule has 0 amide bonds. The summed E-state index contributed by atoms with van der Waals surface area (Å²) < 4.78 is 0. The Morgan fingerprint density at radius 2 is 2.47 bits per heavy atom. The summed E-state index contributed by atoms with van der Waals surface area (Å²) >= 11 is 1.66. The second-order valence-electron chi connectivity index (χ2n) is 4.02. The zero-order chi connectivity index (χ0) is 10.8. The second kappa shape index (κ2) is 4.28. The zero-order valence-electron chi connectivity index (χ0n) is 8.64. The molecule has 2 rings (SSSR count). The van der Waals surface area contributed by atoms with E-state index in [1.54, 1.807) is 11.3 Å². The fourth-order valence-corrected chi connectivity index (χ4v) is 2.50. The summed E-state index contributed by atoms with van der Waals surface area (Å²) in [6, 6.07) is 0. The number of carbonyl (C=O) groups is 1. The number of carboxylic acid groups (broad SMARTS) is 1. The largest absolute Gasteiger partial charge is 0.481 e. The first-order valence-electron chi connectivity index (χ1n) is 4.98. The summed E-state index contributed by atoms with van der Waals surface area (Å²) in [7, 11) is 0. The van der Waals surface area contributed by atoms with Gasteiger partial charge in [0.1, 0.15) is 0 Å². The fourth-order valence-electron chi connectivity index (χ4n) is 1.89. The highest BCUT2D eigenvalue weighted by Gasteiger charge is 2.28. The third-order valence-corrected chi connectivity index (χ3v) is 3.37. The highest BCUT2D eigenvalue weighted by molar-refractivity contribution is 7.09. The van der Waals surface area contributed by atoms with Gasteiger partial charge < -0.3 is 5.11 Å². The van der Waals surface area contributed by atoms with Crippen LogP contribution in [0.3, 0.4) is 0 Å². The number of aliphatic carboxylic acids is 1. The van der Waals surface area contributed by atoms with E-state index in [2.05, 4.69) is 15.3 Å². The van der Waals surface area contributed by atoms with Gasteiger partial charge in [0.25, 0.3) is 0 Å². The van der Waals surface area contributed by atoms with Crippen LogP contribution < -0.4 is 0 Å². The Bertz CT molecular complexity index is 358. The number of nitrogens with zero attached hydrogens (tertiary/aromatic N) is 2. The van der Waals surface area contributed by atoms with E-state index in [9.17, 15) is 4.79 Å². The van der Waals surface area contributed by atoms with Crippen LogP contribution >= 0.6 is 11.3 Å². The summed E-state index contributed by atoms with van der Waals surface area (Å²) in [5.41, 5.74) is 1.10. The average molecular weight is 226 g/mol. The standard InChI is InChI=1S/C10H14N2O2S/c1-7-11-9(6-15-7)5-12-3-8(4-12)2-10(13)14/h6,8H,2-5H2,1H3,(H,13,14). The van der Waals surface area contributed by atoms with Crippen molar-refractivity contribution in [3.05, 3.63) is 16.1 Å². The zero-order valence-corrected chi connectivity index (χ0v) is 9.46. The van der Waals surface area contributed by atoms with Crippen LogP contribution in [0.25, 0.3) is 0 Å². The number of likely N-dealkylation sites (tertiary alicyclic amines) is 1. The molecule has 0 aromatic carbocycles. The molecule has 2 heterocycles. The Kier molecular flexibility index (Phi) is 3.02. The molecule has 1 aliphatic heterocycles. The molecule has 0 spiro atoms. The molecule has 0 radical (unpaired) electrons. The second-order valence-corrected chi connectivity index (χ2v) is 5.08. The van der Waals surface area contributed by atoms with Crippen molar-refractivity contribution in [2.75, 3.05) is 13.1 Å². The lowest BCUT2D eigenvalue weighted by molar-refractivity contribution is -0.139. The number of aryl methyl sites for hydroxylation is 1. The molecule has 0 saturated carbocycles. The molecule has 0 unspecified atom stereocenters. The Morgan fingerprint density at radius 1 is 1.73 bits per heavy atom. The third-order valence-electron chi connectivity index (χ3n) is 2.55. The van der Waals surface area contributed by atoms with Gasteiger partial charge in [-0.1, -0.05) is 0 Å². The summed E-state index contributed by atoms with van der Waals surface area (Å²) in [6.45, 7) is 4.64. The van der Waals surface area contributed by atoms with Crippen LogP contribution in [0.2, 0.25) is 0 Å². The molecule has 1 aromatic rings. The molecule has 1 aliphatic rings. The van der Waals surface area contributed by atoms with Gasteiger partial charge in [0, 0.05) is 25.0 Å². The molecule has 0 aliphatic carbocycles. The van der Waals surface area contributed by atoms with E-state index in [1.165, 1.54) is 0 Å². The lowest BCUT2D eigenvalue weighted by atomic mass is 9.96. The topological polar surface area (TPSA) is 53.4 Å². The van der Waals surface area contributed by atoms with Crippen molar-refractivity contribution < 1.29 is 9.90 Å². The van der Waals surface area contributed by atoms with Crippen molar-refractivity contribution >= 4 is 17.3 Å². The maximum atomic E-state index is 10.4. The van der Waals surface area contributed by atoms with E-state index in [0.717, 1.165) is 30.3 Å². The molecule has 0 atom stereocenters. The third kappa shape index (κ3) is 2.76. The van der Waals surface area contributed by atoms with Crippen molar-refractivity contribution in [2.45, 2.75) is 19.9 Å². The van der Waals surface area contributed by atoms with Crippen molar-refractivity contribution in [3.8, 4) is 0 Å². The van der Waals surface area contributed by atoms with Crippen LogP contribution in [0.4, 0.5) is 0 Å². The number of carboxylic acids is 1. The van der Waals surface area contributed by atoms with Gasteiger partial charge in [-0.05, 0) is 12.8 Å². The van der Waals surface area contributed by atoms with E-state index in [0.29, 0.717) is 12.3 Å². The fraction of sp³-hybridized carbons (Fsp3) is 0.600. The molecular weight excluding hydrogens is 212 g/mol. The van der Waals surface area contributed by atoms with Gasteiger partial charge in [-0.3, -0.25) is 9.69 Å². The summed E-state index contributed by atoms with van der Waals surface area (Å²) in [5, 5.41) is 11.8. The molecule has 1 saturated heterocycles. The first-order valence-corrected chi connectivity index (χ1v) is 5.86. The van der Waals surface area contributed by atoms with Gasteiger partial charge in [0.15, 0.2) is 0 Å². The van der Waals surface area contributed by atoms with Crippen LogP contribution in [0.1, 0.15) is 17.1 Å². The van der Waals surface area contributed by atoms with Crippen molar-refractivity contribution in [1.29, 1.82) is 0 Å². The predicted octanol–water partition coefficient (Wildman–Crippen LogP) is 1.36. The monoisotopic (exact) mass is 226 g/mol. The SMILES string of the molecule is Cc1nc(CN2CC(CC(=O)O)C2)cs1. The van der Waals surface area contributed by atoms with Gasteiger partial charge in [0.2, 0.25) is 0 Å². The number of hydrogen-bond acceptors (Lipinski definition) is 4. The molecule has 15 heavy (non-hydrogen) atoms. The Morgan fingerprint density at radius 3 is 3.00 bits per heavy atom. The summed E-state index contributed by atoms with van der Waals surface area (Å²) in [5.74, 6) is -0.355. The minimum Gasteiger partial charge on any atom is -0.481 e. The van der Waals surface area contributed by atoms with Crippen LogP contribution in [0.5, 0.6) is 0 Å². The van der Waals surface area contributed by atoms with Gasteiger partial charge in [-0.15, -0.1) is 11.3 Å². The lowest BCUT2D eigenvalue weighted by Gasteiger charge is -2.38. The molecular formula is C10H14N2O2S. The Hall–Kier alpha value is -0.940. The quantitative estimate of drug-likeness (QED) is 0.842. The van der Waals surface area contributed by atoms with Gasteiger partial charge in [-0.2, -0.15) is 0 Å². The van der Waals surface area contributed by atoms with Crippen LogP contribution in [0.15, 0.2) is 5.38 Å². The summed E-state index contributed by atoms with van der Waals surface area (Å²) in [4.78, 5) is 17.1. The highest BCUT2D eigenvalue weighted by Crippen LogP contribution is 2.21. The van der Waals surface area contributed by atoms with Crippen LogP contribution in [0, 0.1) is 12.8 Å². The Labute approximate surface area is 92.6 Å². The van der Waals surface area contributed by atoms with E-state index in [-0.39, 0.29) is 0 Å². The number of hydrogen-bond donors (Lipinski definition) is 1. The predicted molar refractivity (Wildman–Crippen MR) is 57.9 cm³/mol. The molecule has 82 valence electrons. The first kappa shape index (κ1) is 10.6. The van der Waals surface area contributed by atoms with Gasteiger partial charge in [-0.25, -0.2) is 4.98 Å². The number of aromatic nitrogens is 1. The van der Waals surface area contributed by atoms with Crippen molar-refractivity contribution in [2.24, 2.45) is 5.92 Å². The van der Waals surface area contributed by atoms with Crippen LogP contribution in [-0.4, -0.2) is 34.0 Å². The molecule has 5 heteroatoms. The van der Waals surface area contributed by atoms with E-state index >= 15 is 0 Å². The van der Waals surface area contributed by atoms with E-state index in [1.807, 2.05) is 6.92 Å². The summed E-state index contributed by atoms with van der Waals surface area (Å²) in [6.07, 6.45) is 0.298. The van der Waals surface area contributed by atoms with E-state index in [4.69, 9.17) is 5.11 Å². The lowest BCUT2D eigenvalue weighted by Crippen LogP contribution is -2.46. The Balaban J connectivity index is 1.74. The molecule has 4 nitrogen and oxygen atoms in total. The van der Waals surface area contributed by atoms with Gasteiger partial charge >= 0.3 is 5.97 Å². The molecule has 0 bridgehead atoms. The minimum absolute atomic E-state index is 0.298. The van der Waals surface area contributed by atoms with Crippen molar-refractivity contribution in [3.63, 3.8) is 0 Å². The molecule has 1 N–H and O–H groups in total. The highest BCUT2D eigenvalue weighted by atomic mass is 32.1. The minimum atomic E-state index is -0.691. The maximum Gasteiger partial charge on any atom is 0.303 e. The smallest absolute Gasteiger partial charge is 0.303 e. The molecule has 1 fully saturated rings. The number of thiazole rings is 1.